The van der Waals surface area contributed by atoms with Crippen LogP contribution in [0.25, 0.3) is 10.1 Å². The monoisotopic (exact) mass is 297 g/mol. The summed E-state index contributed by atoms with van der Waals surface area (Å²) in [4.78, 5) is 1.32. The van der Waals surface area contributed by atoms with E-state index in [2.05, 4.69) is 0 Å². The van der Waals surface area contributed by atoms with Gasteiger partial charge in [-0.05, 0) is 13.0 Å². The number of morpholine rings is 1. The number of fused-ring (bicyclic) bond motifs is 1. The van der Waals surface area contributed by atoms with Crippen molar-refractivity contribution in [2.24, 2.45) is 0 Å². The van der Waals surface area contributed by atoms with Gasteiger partial charge in [0.2, 0.25) is 10.0 Å². The van der Waals surface area contributed by atoms with Gasteiger partial charge in [0.05, 0.1) is 13.2 Å². The minimum atomic E-state index is -3.41. The highest BCUT2D eigenvalue weighted by atomic mass is 32.2. The molecule has 0 atom stereocenters. The Kier molecular flexibility index (Phi) is 3.34. The Morgan fingerprint density at radius 3 is 2.63 bits per heavy atom. The van der Waals surface area contributed by atoms with Crippen molar-refractivity contribution in [2.45, 2.75) is 11.8 Å². The van der Waals surface area contributed by atoms with Gasteiger partial charge in [-0.15, -0.1) is 11.3 Å². The normalized spacial score (nSPS) is 17.9. The Morgan fingerprint density at radius 2 is 1.89 bits per heavy atom. The molecule has 0 radical (unpaired) electrons. The SMILES string of the molecule is Cc1sc2ccccc2c1S(=O)(=O)N1CCOCC1. The highest BCUT2D eigenvalue weighted by molar-refractivity contribution is 7.89. The van der Waals surface area contributed by atoms with Gasteiger partial charge in [-0.1, -0.05) is 18.2 Å². The van der Waals surface area contributed by atoms with Crippen LogP contribution in [0, 0.1) is 6.92 Å². The molecule has 1 aliphatic heterocycles. The fourth-order valence-electron chi connectivity index (χ4n) is 2.38. The fraction of sp³-hybridized carbons (Fsp3) is 0.385. The maximum Gasteiger partial charge on any atom is 0.244 e. The highest BCUT2D eigenvalue weighted by Gasteiger charge is 2.30. The average Bonchev–Trinajstić information content (AvgIpc) is 2.76. The Morgan fingerprint density at radius 1 is 1.21 bits per heavy atom. The summed E-state index contributed by atoms with van der Waals surface area (Å²) in [7, 11) is -3.41. The van der Waals surface area contributed by atoms with Gasteiger partial charge in [-0.25, -0.2) is 8.42 Å². The zero-order valence-corrected chi connectivity index (χ0v) is 12.3. The van der Waals surface area contributed by atoms with Crippen molar-refractivity contribution < 1.29 is 13.2 Å². The molecule has 1 aliphatic rings. The predicted octanol–water partition coefficient (Wildman–Crippen LogP) is 2.23. The molecule has 1 aromatic heterocycles. The number of nitrogens with zero attached hydrogens (tertiary/aromatic N) is 1. The van der Waals surface area contributed by atoms with Crippen molar-refractivity contribution in [1.82, 2.24) is 4.31 Å². The molecule has 6 heteroatoms. The Bertz CT molecular complexity index is 700. The molecule has 2 aromatic rings. The van der Waals surface area contributed by atoms with E-state index in [1.54, 1.807) is 0 Å². The second kappa shape index (κ2) is 4.86. The van der Waals surface area contributed by atoms with E-state index in [1.807, 2.05) is 31.2 Å². The Balaban J connectivity index is 2.15. The van der Waals surface area contributed by atoms with Gasteiger partial charge >= 0.3 is 0 Å². The van der Waals surface area contributed by atoms with E-state index in [1.165, 1.54) is 15.6 Å². The second-order valence-electron chi connectivity index (χ2n) is 4.50. The van der Waals surface area contributed by atoms with Crippen LogP contribution in [0.15, 0.2) is 29.2 Å². The highest BCUT2D eigenvalue weighted by Crippen LogP contribution is 2.35. The molecule has 19 heavy (non-hydrogen) atoms. The van der Waals surface area contributed by atoms with E-state index in [4.69, 9.17) is 4.74 Å². The van der Waals surface area contributed by atoms with Crippen LogP contribution >= 0.6 is 11.3 Å². The minimum absolute atomic E-state index is 0.436. The van der Waals surface area contributed by atoms with Crippen molar-refractivity contribution in [3.63, 3.8) is 0 Å². The number of rotatable bonds is 2. The molecule has 0 aliphatic carbocycles. The second-order valence-corrected chi connectivity index (χ2v) is 7.63. The van der Waals surface area contributed by atoms with Gasteiger partial charge in [-0.3, -0.25) is 0 Å². The van der Waals surface area contributed by atoms with Crippen LogP contribution < -0.4 is 0 Å². The molecule has 1 fully saturated rings. The molecule has 0 unspecified atom stereocenters. The number of aryl methyl sites for hydroxylation is 1. The van der Waals surface area contributed by atoms with Crippen LogP contribution in [-0.2, 0) is 14.8 Å². The van der Waals surface area contributed by atoms with Gasteiger partial charge in [0.25, 0.3) is 0 Å². The number of thiophene rings is 1. The molecule has 1 aromatic carbocycles. The molecule has 0 N–H and O–H groups in total. The third kappa shape index (κ3) is 2.18. The molecule has 3 rings (SSSR count). The summed E-state index contributed by atoms with van der Waals surface area (Å²) in [6, 6.07) is 7.66. The van der Waals surface area contributed by atoms with E-state index in [0.29, 0.717) is 31.2 Å². The van der Waals surface area contributed by atoms with Gasteiger partial charge in [-0.2, -0.15) is 4.31 Å². The minimum Gasteiger partial charge on any atom is -0.379 e. The summed E-state index contributed by atoms with van der Waals surface area (Å²) < 4.78 is 33.3. The maximum atomic E-state index is 12.8. The topological polar surface area (TPSA) is 46.6 Å². The first-order valence-corrected chi connectivity index (χ1v) is 8.42. The molecule has 0 saturated carbocycles. The van der Waals surface area contributed by atoms with Crippen LogP contribution in [0.4, 0.5) is 0 Å². The lowest BCUT2D eigenvalue weighted by Gasteiger charge is -2.26. The van der Waals surface area contributed by atoms with E-state index < -0.39 is 10.0 Å². The lowest BCUT2D eigenvalue weighted by atomic mass is 10.2. The molecule has 4 nitrogen and oxygen atoms in total. The first kappa shape index (κ1) is 13.1. The van der Waals surface area contributed by atoms with Crippen LogP contribution in [0.5, 0.6) is 0 Å². The summed E-state index contributed by atoms with van der Waals surface area (Å²) in [6.07, 6.45) is 0. The third-order valence-electron chi connectivity index (χ3n) is 3.28. The van der Waals surface area contributed by atoms with Crippen molar-refractivity contribution >= 4 is 31.4 Å². The molecule has 0 bridgehead atoms. The molecule has 0 amide bonds. The van der Waals surface area contributed by atoms with Gasteiger partial charge in [0.1, 0.15) is 4.90 Å². The standard InChI is InChI=1S/C13H15NO3S2/c1-10-13(11-4-2-3-5-12(11)18-10)19(15,16)14-6-8-17-9-7-14/h2-5H,6-9H2,1H3. The molecule has 102 valence electrons. The summed E-state index contributed by atoms with van der Waals surface area (Å²) in [6.45, 7) is 3.69. The quantitative estimate of drug-likeness (QED) is 0.854. The van der Waals surface area contributed by atoms with Crippen LogP contribution in [0.3, 0.4) is 0 Å². The van der Waals surface area contributed by atoms with E-state index in [9.17, 15) is 8.42 Å². The predicted molar refractivity (Wildman–Crippen MR) is 76.1 cm³/mol. The number of hydrogen-bond donors (Lipinski definition) is 0. The molecule has 2 heterocycles. The lowest BCUT2D eigenvalue weighted by molar-refractivity contribution is 0.0730. The summed E-state index contributed by atoms with van der Waals surface area (Å²) in [5.74, 6) is 0. The van der Waals surface area contributed by atoms with Crippen LogP contribution in [0.2, 0.25) is 0 Å². The smallest absolute Gasteiger partial charge is 0.244 e. The summed E-state index contributed by atoms with van der Waals surface area (Å²) >= 11 is 1.53. The Labute approximate surface area is 116 Å². The summed E-state index contributed by atoms with van der Waals surface area (Å²) in [5, 5.41) is 0.830. The van der Waals surface area contributed by atoms with E-state index in [0.717, 1.165) is 15.0 Å². The number of ether oxygens (including phenoxy) is 1. The molecular formula is C13H15NO3S2. The van der Waals surface area contributed by atoms with Gasteiger partial charge in [0, 0.05) is 28.1 Å². The molecular weight excluding hydrogens is 282 g/mol. The van der Waals surface area contributed by atoms with Crippen molar-refractivity contribution in [2.75, 3.05) is 26.3 Å². The first-order valence-electron chi connectivity index (χ1n) is 6.17. The van der Waals surface area contributed by atoms with E-state index in [-0.39, 0.29) is 0 Å². The zero-order valence-electron chi connectivity index (χ0n) is 10.6. The van der Waals surface area contributed by atoms with Crippen molar-refractivity contribution in [3.8, 4) is 0 Å². The van der Waals surface area contributed by atoms with Crippen LogP contribution in [-0.4, -0.2) is 39.0 Å². The number of benzene rings is 1. The first-order chi connectivity index (χ1) is 9.10. The van der Waals surface area contributed by atoms with Gasteiger partial charge in [0.15, 0.2) is 0 Å². The molecule has 1 saturated heterocycles. The Hall–Kier alpha value is -0.950. The summed E-state index contributed by atoms with van der Waals surface area (Å²) in [5.41, 5.74) is 0. The lowest BCUT2D eigenvalue weighted by Crippen LogP contribution is -2.40. The average molecular weight is 297 g/mol. The zero-order chi connectivity index (χ0) is 13.5. The van der Waals surface area contributed by atoms with Crippen molar-refractivity contribution in [3.05, 3.63) is 29.1 Å². The largest absolute Gasteiger partial charge is 0.379 e. The van der Waals surface area contributed by atoms with Crippen molar-refractivity contribution in [1.29, 1.82) is 0 Å². The van der Waals surface area contributed by atoms with Crippen LogP contribution in [0.1, 0.15) is 4.88 Å². The van der Waals surface area contributed by atoms with E-state index >= 15 is 0 Å². The number of sulfonamides is 1. The fourth-order valence-corrected chi connectivity index (χ4v) is 5.55. The maximum absolute atomic E-state index is 12.8. The van der Waals surface area contributed by atoms with Gasteiger partial charge < -0.3 is 4.74 Å². The number of hydrogen-bond acceptors (Lipinski definition) is 4. The molecule has 0 spiro atoms. The third-order valence-corrected chi connectivity index (χ3v) is 6.58.